The van der Waals surface area contributed by atoms with Gasteiger partial charge in [-0.2, -0.15) is 9.40 Å². The second-order valence-electron chi connectivity index (χ2n) is 5.34. The number of carbonyl (C=O) groups excluding carboxylic acids is 1. The van der Waals surface area contributed by atoms with Gasteiger partial charge in [-0.1, -0.05) is 6.07 Å². The largest absolute Gasteiger partial charge is 0.305 e. The van der Waals surface area contributed by atoms with Crippen molar-refractivity contribution in [3.8, 4) is 0 Å². The molecule has 1 aliphatic rings. The average Bonchev–Trinajstić information content (AvgIpc) is 2.89. The Morgan fingerprint density at radius 3 is 2.91 bits per heavy atom. The number of hydrogen-bond donors (Lipinski definition) is 2. The van der Waals surface area contributed by atoms with Crippen molar-refractivity contribution in [1.29, 1.82) is 0 Å². The number of anilines is 1. The molecule has 0 fully saturated rings. The lowest BCUT2D eigenvalue weighted by molar-refractivity contribution is 0.102. The molecule has 0 unspecified atom stereocenters. The summed E-state index contributed by atoms with van der Waals surface area (Å²) in [6.45, 7) is 0.509. The zero-order valence-corrected chi connectivity index (χ0v) is 13.2. The molecule has 0 saturated carbocycles. The zero-order valence-electron chi connectivity index (χ0n) is 12.3. The third-order valence-corrected chi connectivity index (χ3v) is 4.94. The van der Waals surface area contributed by atoms with E-state index in [1.165, 1.54) is 22.5 Å². The maximum absolute atomic E-state index is 13.2. The Bertz CT molecular complexity index is 863. The van der Waals surface area contributed by atoms with Gasteiger partial charge in [-0.15, -0.1) is 0 Å². The van der Waals surface area contributed by atoms with Crippen molar-refractivity contribution in [2.75, 3.05) is 18.1 Å². The lowest BCUT2D eigenvalue weighted by Gasteiger charge is -2.24. The zero-order chi connectivity index (χ0) is 16.6. The fraction of sp³-hybridized carbons (Fsp3) is 0.286. The lowest BCUT2D eigenvalue weighted by Crippen LogP contribution is -2.35. The molecule has 2 aromatic rings. The number of rotatable bonds is 3. The first-order valence-electron chi connectivity index (χ1n) is 6.93. The van der Waals surface area contributed by atoms with E-state index in [0.29, 0.717) is 18.5 Å². The molecule has 0 bridgehead atoms. The third-order valence-electron chi connectivity index (χ3n) is 3.69. The van der Waals surface area contributed by atoms with Crippen LogP contribution in [0, 0.1) is 5.82 Å². The molecular formula is C14H15FN4O3S. The van der Waals surface area contributed by atoms with E-state index in [1.54, 1.807) is 0 Å². The summed E-state index contributed by atoms with van der Waals surface area (Å²) >= 11 is 0. The topological polar surface area (TPSA) is 95.2 Å². The van der Waals surface area contributed by atoms with E-state index >= 15 is 0 Å². The molecule has 2 heterocycles. The van der Waals surface area contributed by atoms with Crippen molar-refractivity contribution in [3.05, 3.63) is 46.9 Å². The Labute approximate surface area is 132 Å². The molecule has 7 nitrogen and oxygen atoms in total. The highest BCUT2D eigenvalue weighted by molar-refractivity contribution is 7.88. The summed E-state index contributed by atoms with van der Waals surface area (Å²) in [5, 5.41) is 9.43. The number of hydrogen-bond acceptors (Lipinski definition) is 4. The van der Waals surface area contributed by atoms with Gasteiger partial charge in [0.15, 0.2) is 5.82 Å². The molecule has 0 spiro atoms. The van der Waals surface area contributed by atoms with Crippen LogP contribution in [0.5, 0.6) is 0 Å². The Hall–Kier alpha value is -2.26. The molecule has 0 radical (unpaired) electrons. The minimum atomic E-state index is -3.32. The van der Waals surface area contributed by atoms with Crippen LogP contribution in [0.25, 0.3) is 0 Å². The second-order valence-corrected chi connectivity index (χ2v) is 7.32. The van der Waals surface area contributed by atoms with E-state index in [9.17, 15) is 17.6 Å². The normalized spacial score (nSPS) is 15.2. The van der Waals surface area contributed by atoms with E-state index < -0.39 is 21.7 Å². The van der Waals surface area contributed by atoms with Gasteiger partial charge < -0.3 is 5.32 Å². The number of carbonyl (C=O) groups is 1. The van der Waals surface area contributed by atoms with Crippen LogP contribution >= 0.6 is 0 Å². The molecule has 1 amide bonds. The molecule has 122 valence electrons. The minimum absolute atomic E-state index is 0.142. The van der Waals surface area contributed by atoms with Gasteiger partial charge in [0, 0.05) is 36.3 Å². The number of halogens is 1. The number of aromatic nitrogens is 2. The van der Waals surface area contributed by atoms with E-state index in [-0.39, 0.29) is 17.9 Å². The van der Waals surface area contributed by atoms with Gasteiger partial charge in [-0.25, -0.2) is 12.8 Å². The van der Waals surface area contributed by atoms with Crippen LogP contribution in [0.15, 0.2) is 24.3 Å². The SMILES string of the molecule is CS(=O)(=O)N1CCc2[nH]nc(NC(=O)c3cccc(F)c3)c2C1. The summed E-state index contributed by atoms with van der Waals surface area (Å²) in [6.07, 6.45) is 1.63. The van der Waals surface area contributed by atoms with Crippen LogP contribution in [0.4, 0.5) is 10.2 Å². The van der Waals surface area contributed by atoms with E-state index in [1.807, 2.05) is 0 Å². The molecule has 9 heteroatoms. The Balaban J connectivity index is 1.83. The van der Waals surface area contributed by atoms with Gasteiger partial charge in [0.05, 0.1) is 6.26 Å². The molecule has 0 aliphatic carbocycles. The fourth-order valence-electron chi connectivity index (χ4n) is 2.47. The summed E-state index contributed by atoms with van der Waals surface area (Å²) in [4.78, 5) is 12.2. The molecule has 2 N–H and O–H groups in total. The first-order chi connectivity index (χ1) is 10.8. The lowest BCUT2D eigenvalue weighted by atomic mass is 10.1. The molecule has 1 aromatic carbocycles. The van der Waals surface area contributed by atoms with Gasteiger partial charge in [0.1, 0.15) is 5.82 Å². The Morgan fingerprint density at radius 2 is 2.22 bits per heavy atom. The smallest absolute Gasteiger partial charge is 0.256 e. The monoisotopic (exact) mass is 338 g/mol. The fourth-order valence-corrected chi connectivity index (χ4v) is 3.25. The second kappa shape index (κ2) is 5.74. The van der Waals surface area contributed by atoms with Crippen LogP contribution in [0.3, 0.4) is 0 Å². The summed E-state index contributed by atoms with van der Waals surface area (Å²) in [5.41, 5.74) is 1.59. The summed E-state index contributed by atoms with van der Waals surface area (Å²) in [5.74, 6) is -0.747. The standard InChI is InChI=1S/C14H15FN4O3S/c1-23(21,22)19-6-5-12-11(8-19)13(18-17-12)16-14(20)9-3-2-4-10(15)7-9/h2-4,7H,5-6,8H2,1H3,(H2,16,17,18,20). The molecule has 1 aliphatic heterocycles. The summed E-state index contributed by atoms with van der Waals surface area (Å²) < 4.78 is 37.9. The molecule has 1 aromatic heterocycles. The van der Waals surface area contributed by atoms with Crippen molar-refractivity contribution in [1.82, 2.24) is 14.5 Å². The highest BCUT2D eigenvalue weighted by Crippen LogP contribution is 2.25. The molecule has 23 heavy (non-hydrogen) atoms. The average molecular weight is 338 g/mol. The predicted octanol–water partition coefficient (Wildman–Crippen LogP) is 1.12. The maximum Gasteiger partial charge on any atom is 0.256 e. The molecule has 3 rings (SSSR count). The van der Waals surface area contributed by atoms with Gasteiger partial charge in [0.25, 0.3) is 5.91 Å². The van der Waals surface area contributed by atoms with E-state index in [2.05, 4.69) is 15.5 Å². The number of amides is 1. The minimum Gasteiger partial charge on any atom is -0.305 e. The number of nitrogens with one attached hydrogen (secondary N) is 2. The Kier molecular flexibility index (Phi) is 3.90. The van der Waals surface area contributed by atoms with Crippen molar-refractivity contribution in [3.63, 3.8) is 0 Å². The van der Waals surface area contributed by atoms with Gasteiger partial charge >= 0.3 is 0 Å². The van der Waals surface area contributed by atoms with Crippen molar-refractivity contribution in [2.24, 2.45) is 0 Å². The highest BCUT2D eigenvalue weighted by atomic mass is 32.2. The highest BCUT2D eigenvalue weighted by Gasteiger charge is 2.27. The first-order valence-corrected chi connectivity index (χ1v) is 8.77. The molecule has 0 saturated heterocycles. The van der Waals surface area contributed by atoms with Crippen molar-refractivity contribution in [2.45, 2.75) is 13.0 Å². The van der Waals surface area contributed by atoms with Crippen LogP contribution in [-0.2, 0) is 23.0 Å². The Morgan fingerprint density at radius 1 is 1.43 bits per heavy atom. The van der Waals surface area contributed by atoms with Crippen LogP contribution in [-0.4, -0.2) is 41.6 Å². The number of fused-ring (bicyclic) bond motifs is 1. The molecule has 0 atom stereocenters. The first kappa shape index (κ1) is 15.6. The maximum atomic E-state index is 13.2. The number of H-pyrrole nitrogens is 1. The van der Waals surface area contributed by atoms with Crippen molar-refractivity contribution >= 4 is 21.7 Å². The predicted molar refractivity (Wildman–Crippen MR) is 81.9 cm³/mol. The summed E-state index contributed by atoms with van der Waals surface area (Å²) in [6, 6.07) is 5.30. The number of sulfonamides is 1. The quantitative estimate of drug-likeness (QED) is 0.877. The van der Waals surface area contributed by atoms with Crippen molar-refractivity contribution < 1.29 is 17.6 Å². The summed E-state index contributed by atoms with van der Waals surface area (Å²) in [7, 11) is -3.32. The van der Waals surface area contributed by atoms with E-state index in [4.69, 9.17) is 0 Å². The van der Waals surface area contributed by atoms with Gasteiger partial charge in [0.2, 0.25) is 10.0 Å². The molecular weight excluding hydrogens is 323 g/mol. The number of benzene rings is 1. The van der Waals surface area contributed by atoms with Gasteiger partial charge in [-0.3, -0.25) is 9.89 Å². The van der Waals surface area contributed by atoms with Crippen LogP contribution in [0.2, 0.25) is 0 Å². The van der Waals surface area contributed by atoms with Crippen LogP contribution in [0.1, 0.15) is 21.6 Å². The third kappa shape index (κ3) is 3.25. The van der Waals surface area contributed by atoms with Crippen LogP contribution < -0.4 is 5.32 Å². The van der Waals surface area contributed by atoms with Gasteiger partial charge in [-0.05, 0) is 18.2 Å². The van der Waals surface area contributed by atoms with E-state index in [0.717, 1.165) is 18.0 Å². The number of nitrogens with zero attached hydrogens (tertiary/aromatic N) is 2. The number of aromatic amines is 1.